The molecule has 0 unspecified atom stereocenters. The number of nitrogens with one attached hydrogen (secondary N) is 2. The van der Waals surface area contributed by atoms with Gasteiger partial charge in [0.1, 0.15) is 16.9 Å². The Bertz CT molecular complexity index is 1060. The van der Waals surface area contributed by atoms with Gasteiger partial charge >= 0.3 is 17.8 Å². The summed E-state index contributed by atoms with van der Waals surface area (Å²) in [7, 11) is 1.74. The number of rotatable bonds is 6. The van der Waals surface area contributed by atoms with Crippen molar-refractivity contribution in [2.45, 2.75) is 19.9 Å². The van der Waals surface area contributed by atoms with Crippen LogP contribution in [-0.4, -0.2) is 39.2 Å². The molecule has 1 aromatic carbocycles. The molecule has 10 heteroatoms. The maximum atomic E-state index is 12.6. The Hall–Kier alpha value is -3.53. The molecule has 156 valence electrons. The number of esters is 1. The van der Waals surface area contributed by atoms with E-state index >= 15 is 0 Å². The highest BCUT2D eigenvalue weighted by molar-refractivity contribution is 7.15. The van der Waals surface area contributed by atoms with Crippen LogP contribution in [0.1, 0.15) is 36.1 Å². The highest BCUT2D eigenvalue weighted by atomic mass is 32.1. The predicted octanol–water partition coefficient (Wildman–Crippen LogP) is 2.54. The molecular weight excluding hydrogens is 406 g/mol. The smallest absolute Gasteiger partial charge is 0.341 e. The van der Waals surface area contributed by atoms with Gasteiger partial charge in [0.05, 0.1) is 12.6 Å². The van der Waals surface area contributed by atoms with Crippen molar-refractivity contribution >= 4 is 34.1 Å². The largest absolute Gasteiger partial charge is 0.462 e. The van der Waals surface area contributed by atoms with Crippen LogP contribution in [-0.2, 0) is 21.4 Å². The summed E-state index contributed by atoms with van der Waals surface area (Å²) in [6, 6.07) is 8.74. The van der Waals surface area contributed by atoms with Crippen LogP contribution in [0.3, 0.4) is 0 Å². The number of hydrogen-bond donors (Lipinski definition) is 2. The van der Waals surface area contributed by atoms with Crippen molar-refractivity contribution in [3.8, 4) is 11.1 Å². The molecule has 0 saturated carbocycles. The first-order valence-electron chi connectivity index (χ1n) is 9.22. The molecule has 30 heavy (non-hydrogen) atoms. The van der Waals surface area contributed by atoms with Gasteiger partial charge in [-0.3, -0.25) is 9.59 Å². The van der Waals surface area contributed by atoms with Crippen LogP contribution in [0.2, 0.25) is 0 Å². The summed E-state index contributed by atoms with van der Waals surface area (Å²) in [5, 5.41) is 14.8. The second kappa shape index (κ2) is 9.31. The molecule has 0 aliphatic rings. The molecule has 0 fully saturated rings. The second-order valence-corrected chi connectivity index (χ2v) is 7.27. The maximum absolute atomic E-state index is 12.6. The molecule has 2 aromatic heterocycles. The fourth-order valence-electron chi connectivity index (χ4n) is 2.86. The lowest BCUT2D eigenvalue weighted by Crippen LogP contribution is -2.37. The van der Waals surface area contributed by atoms with Gasteiger partial charge in [-0.2, -0.15) is 0 Å². The van der Waals surface area contributed by atoms with E-state index in [0.717, 1.165) is 16.9 Å². The quantitative estimate of drug-likeness (QED) is 0.461. The first kappa shape index (κ1) is 21.2. The number of aromatic nitrogens is 3. The lowest BCUT2D eigenvalue weighted by Gasteiger charge is -2.13. The number of benzene rings is 1. The lowest BCUT2D eigenvalue weighted by atomic mass is 10.0. The van der Waals surface area contributed by atoms with Crippen LogP contribution in [0.4, 0.5) is 5.00 Å². The first-order chi connectivity index (χ1) is 14.4. The van der Waals surface area contributed by atoms with Crippen molar-refractivity contribution in [2.75, 3.05) is 11.9 Å². The third-order valence-electron chi connectivity index (χ3n) is 4.27. The molecule has 2 N–H and O–H groups in total. The molecule has 0 bridgehead atoms. The van der Waals surface area contributed by atoms with Crippen molar-refractivity contribution < 1.29 is 19.1 Å². The lowest BCUT2D eigenvalue weighted by molar-refractivity contribution is -0.136. The van der Waals surface area contributed by atoms with E-state index < -0.39 is 23.8 Å². The second-order valence-electron chi connectivity index (χ2n) is 6.39. The number of amides is 2. The normalized spacial score (nSPS) is 11.6. The summed E-state index contributed by atoms with van der Waals surface area (Å²) >= 11 is 1.15. The van der Waals surface area contributed by atoms with Gasteiger partial charge in [-0.05, 0) is 19.4 Å². The topological polar surface area (TPSA) is 115 Å². The number of nitrogens with zero attached hydrogens (tertiary/aromatic N) is 3. The van der Waals surface area contributed by atoms with E-state index in [0.29, 0.717) is 11.4 Å². The van der Waals surface area contributed by atoms with Crippen LogP contribution in [0.5, 0.6) is 0 Å². The summed E-state index contributed by atoms with van der Waals surface area (Å²) in [6.07, 6.45) is 1.50. The van der Waals surface area contributed by atoms with Crippen LogP contribution in [0, 0.1) is 0 Å². The standard InChI is InChI=1S/C20H21N5O4S/c1-4-29-20(28)15-14(13-8-6-5-7-9-13)10-30-19(15)23-18(27)17(26)22-12(2)16-24-21-11-25(16)3/h5-12H,4H2,1-3H3,(H,22,26)(H,23,27)/t12-/m1/s1. The zero-order chi connectivity index (χ0) is 21.7. The van der Waals surface area contributed by atoms with Gasteiger partial charge in [-0.25, -0.2) is 4.79 Å². The monoisotopic (exact) mass is 427 g/mol. The summed E-state index contributed by atoms with van der Waals surface area (Å²) in [6.45, 7) is 3.58. The zero-order valence-electron chi connectivity index (χ0n) is 16.7. The molecule has 9 nitrogen and oxygen atoms in total. The summed E-state index contributed by atoms with van der Waals surface area (Å²) in [5.74, 6) is -1.81. The number of anilines is 1. The fraction of sp³-hybridized carbons (Fsp3) is 0.250. The van der Waals surface area contributed by atoms with Crippen LogP contribution in [0.15, 0.2) is 42.0 Å². The molecule has 0 aliphatic heterocycles. The van der Waals surface area contributed by atoms with Crippen LogP contribution in [0.25, 0.3) is 11.1 Å². The predicted molar refractivity (Wildman–Crippen MR) is 112 cm³/mol. The summed E-state index contributed by atoms with van der Waals surface area (Å²) in [5.41, 5.74) is 1.65. The Morgan fingerprint density at radius 1 is 1.20 bits per heavy atom. The van der Waals surface area contributed by atoms with Crippen LogP contribution >= 0.6 is 11.3 Å². The molecule has 1 atom stereocenters. The molecule has 2 amide bonds. The average molecular weight is 427 g/mol. The van der Waals surface area contributed by atoms with Gasteiger partial charge in [-0.1, -0.05) is 30.3 Å². The van der Waals surface area contributed by atoms with Crippen molar-refractivity contribution in [3.05, 3.63) is 53.4 Å². The van der Waals surface area contributed by atoms with Gasteiger partial charge in [0, 0.05) is 18.0 Å². The minimum absolute atomic E-state index is 0.187. The van der Waals surface area contributed by atoms with Gasteiger partial charge in [0.15, 0.2) is 5.82 Å². The van der Waals surface area contributed by atoms with E-state index in [-0.39, 0.29) is 17.2 Å². The Morgan fingerprint density at radius 2 is 1.93 bits per heavy atom. The van der Waals surface area contributed by atoms with Crippen molar-refractivity contribution in [2.24, 2.45) is 7.05 Å². The number of ether oxygens (including phenoxy) is 1. The van der Waals surface area contributed by atoms with E-state index in [4.69, 9.17) is 4.74 Å². The minimum atomic E-state index is -0.893. The first-order valence-corrected chi connectivity index (χ1v) is 10.1. The van der Waals surface area contributed by atoms with Crippen molar-refractivity contribution in [1.29, 1.82) is 0 Å². The number of thiophene rings is 1. The molecule has 3 rings (SSSR count). The van der Waals surface area contributed by atoms with E-state index in [1.165, 1.54) is 6.33 Å². The third kappa shape index (κ3) is 4.54. The molecule has 0 radical (unpaired) electrons. The Labute approximate surface area is 177 Å². The number of hydrogen-bond acceptors (Lipinski definition) is 7. The summed E-state index contributed by atoms with van der Waals surface area (Å²) < 4.78 is 6.80. The maximum Gasteiger partial charge on any atom is 0.341 e. The Balaban J connectivity index is 1.80. The van der Waals surface area contributed by atoms with Gasteiger partial charge in [0.25, 0.3) is 0 Å². The van der Waals surface area contributed by atoms with Gasteiger partial charge in [0.2, 0.25) is 0 Å². The van der Waals surface area contributed by atoms with Gasteiger partial charge in [-0.15, -0.1) is 21.5 Å². The Kier molecular flexibility index (Phi) is 6.58. The van der Waals surface area contributed by atoms with E-state index in [2.05, 4.69) is 20.8 Å². The zero-order valence-corrected chi connectivity index (χ0v) is 17.5. The number of carbonyl (C=O) groups is 3. The highest BCUT2D eigenvalue weighted by Crippen LogP contribution is 2.36. The van der Waals surface area contributed by atoms with E-state index in [1.807, 2.05) is 30.3 Å². The molecule has 0 spiro atoms. The molecule has 0 aliphatic carbocycles. The SMILES string of the molecule is CCOC(=O)c1c(-c2ccccc2)csc1NC(=O)C(=O)N[C@H](C)c1nncn1C. The number of aryl methyl sites for hydroxylation is 1. The Morgan fingerprint density at radius 3 is 2.57 bits per heavy atom. The van der Waals surface area contributed by atoms with Crippen molar-refractivity contribution in [3.63, 3.8) is 0 Å². The third-order valence-corrected chi connectivity index (χ3v) is 5.17. The van der Waals surface area contributed by atoms with Gasteiger partial charge < -0.3 is 19.9 Å². The summed E-state index contributed by atoms with van der Waals surface area (Å²) in [4.78, 5) is 37.4. The minimum Gasteiger partial charge on any atom is -0.462 e. The fourth-order valence-corrected chi connectivity index (χ4v) is 3.81. The van der Waals surface area contributed by atoms with E-state index in [1.54, 1.807) is 30.8 Å². The average Bonchev–Trinajstić information content (AvgIpc) is 3.35. The molecule has 3 aromatic rings. The van der Waals surface area contributed by atoms with Crippen LogP contribution < -0.4 is 10.6 Å². The molecule has 2 heterocycles. The molecule has 0 saturated heterocycles. The van der Waals surface area contributed by atoms with E-state index in [9.17, 15) is 14.4 Å². The number of carbonyl (C=O) groups excluding carboxylic acids is 3. The van der Waals surface area contributed by atoms with Crippen molar-refractivity contribution in [1.82, 2.24) is 20.1 Å². The molecular formula is C20H21N5O4S. The highest BCUT2D eigenvalue weighted by Gasteiger charge is 2.26.